The van der Waals surface area contributed by atoms with Gasteiger partial charge in [0.25, 0.3) is 0 Å². The van der Waals surface area contributed by atoms with Gasteiger partial charge in [-0.1, -0.05) is 63.2 Å². The van der Waals surface area contributed by atoms with Crippen LogP contribution in [0.2, 0.25) is 0 Å². The maximum atomic E-state index is 11.4. The number of aliphatic carboxylic acids is 1. The van der Waals surface area contributed by atoms with Crippen LogP contribution in [0.25, 0.3) is 0 Å². The second-order valence-electron chi connectivity index (χ2n) is 6.71. The zero-order chi connectivity index (χ0) is 16.9. The first-order valence-electron chi connectivity index (χ1n) is 7.89. The van der Waals surface area contributed by atoms with E-state index >= 15 is 0 Å². The highest BCUT2D eigenvalue weighted by Gasteiger charge is 2.19. The van der Waals surface area contributed by atoms with Gasteiger partial charge in [0.15, 0.2) is 0 Å². The lowest BCUT2D eigenvalue weighted by Gasteiger charge is -2.19. The maximum absolute atomic E-state index is 11.4. The summed E-state index contributed by atoms with van der Waals surface area (Å²) in [5.41, 5.74) is 2.17. The van der Waals surface area contributed by atoms with Crippen molar-refractivity contribution in [3.63, 3.8) is 0 Å². The highest BCUT2D eigenvalue weighted by molar-refractivity contribution is 5.76. The fourth-order valence-electron chi connectivity index (χ4n) is 2.46. The minimum Gasteiger partial charge on any atom is -0.494 e. The van der Waals surface area contributed by atoms with Crippen LogP contribution in [0.3, 0.4) is 0 Å². The molecule has 1 unspecified atom stereocenters. The Morgan fingerprint density at radius 3 is 2.17 bits per heavy atom. The van der Waals surface area contributed by atoms with Crippen molar-refractivity contribution >= 4 is 5.97 Å². The first-order chi connectivity index (χ1) is 10.9. The van der Waals surface area contributed by atoms with E-state index in [0.29, 0.717) is 13.0 Å². The number of benzene rings is 2. The molecule has 0 saturated carbocycles. The normalized spacial score (nSPS) is 12.7. The van der Waals surface area contributed by atoms with Gasteiger partial charge in [-0.3, -0.25) is 4.79 Å². The molecule has 0 spiro atoms. The van der Waals surface area contributed by atoms with E-state index in [1.165, 1.54) is 5.56 Å². The van der Waals surface area contributed by atoms with Gasteiger partial charge >= 0.3 is 5.97 Å². The van der Waals surface area contributed by atoms with Gasteiger partial charge in [0, 0.05) is 0 Å². The number of ether oxygens (including phenoxy) is 1. The summed E-state index contributed by atoms with van der Waals surface area (Å²) in [7, 11) is 0. The number of carboxylic acids is 1. The molecule has 3 heteroatoms. The largest absolute Gasteiger partial charge is 0.494 e. The molecule has 0 aliphatic carbocycles. The molecule has 0 heterocycles. The molecule has 2 rings (SSSR count). The highest BCUT2D eigenvalue weighted by atomic mass is 16.5. The Labute approximate surface area is 137 Å². The average Bonchev–Trinajstić information content (AvgIpc) is 2.51. The van der Waals surface area contributed by atoms with Crippen LogP contribution in [0, 0.1) is 0 Å². The third-order valence-electron chi connectivity index (χ3n) is 3.90. The molecule has 0 amide bonds. The van der Waals surface area contributed by atoms with E-state index in [1.807, 2.05) is 42.5 Å². The third-order valence-corrected chi connectivity index (χ3v) is 3.90. The van der Waals surface area contributed by atoms with Crippen molar-refractivity contribution in [2.45, 2.75) is 38.5 Å². The summed E-state index contributed by atoms with van der Waals surface area (Å²) < 4.78 is 5.71. The smallest absolute Gasteiger partial charge is 0.311 e. The molecule has 23 heavy (non-hydrogen) atoms. The van der Waals surface area contributed by atoms with E-state index in [-0.39, 0.29) is 5.41 Å². The summed E-state index contributed by atoms with van der Waals surface area (Å²) in [5, 5.41) is 9.39. The average molecular weight is 312 g/mol. The van der Waals surface area contributed by atoms with Gasteiger partial charge < -0.3 is 9.84 Å². The third kappa shape index (κ3) is 4.85. The van der Waals surface area contributed by atoms with Crippen molar-refractivity contribution in [1.29, 1.82) is 0 Å². The van der Waals surface area contributed by atoms with Crippen LogP contribution in [0.15, 0.2) is 54.6 Å². The Hall–Kier alpha value is -2.29. The van der Waals surface area contributed by atoms with Crippen LogP contribution in [0.4, 0.5) is 0 Å². The van der Waals surface area contributed by atoms with E-state index in [0.717, 1.165) is 11.3 Å². The van der Waals surface area contributed by atoms with Crippen LogP contribution < -0.4 is 4.74 Å². The molecule has 1 atom stereocenters. The number of carboxylic acid groups (broad SMARTS) is 1. The lowest BCUT2D eigenvalue weighted by Crippen LogP contribution is -2.15. The zero-order valence-electron chi connectivity index (χ0n) is 14.0. The number of rotatable bonds is 6. The van der Waals surface area contributed by atoms with Crippen LogP contribution in [0.1, 0.15) is 44.2 Å². The molecule has 0 saturated heterocycles. The first-order valence-corrected chi connectivity index (χ1v) is 7.89. The van der Waals surface area contributed by atoms with Crippen molar-refractivity contribution in [2.24, 2.45) is 0 Å². The van der Waals surface area contributed by atoms with E-state index in [9.17, 15) is 9.90 Å². The predicted molar refractivity (Wildman–Crippen MR) is 92.1 cm³/mol. The standard InChI is InChI=1S/C20H24O3/c1-20(2,3)16-9-11-17(12-10-16)23-14-13-18(19(21)22)15-7-5-4-6-8-15/h4-12,18H,13-14H2,1-3H3,(H,21,22). The fraction of sp³-hybridized carbons (Fsp3) is 0.350. The quantitative estimate of drug-likeness (QED) is 0.846. The lowest BCUT2D eigenvalue weighted by atomic mass is 9.87. The summed E-state index contributed by atoms with van der Waals surface area (Å²) in [5.74, 6) is -0.580. The van der Waals surface area contributed by atoms with Gasteiger partial charge in [-0.2, -0.15) is 0 Å². The van der Waals surface area contributed by atoms with Crippen LogP contribution in [-0.4, -0.2) is 17.7 Å². The summed E-state index contributed by atoms with van der Waals surface area (Å²) >= 11 is 0. The first kappa shape index (κ1) is 17.1. The van der Waals surface area contributed by atoms with Crippen LogP contribution in [0.5, 0.6) is 5.75 Å². The monoisotopic (exact) mass is 312 g/mol. The molecular weight excluding hydrogens is 288 g/mol. The van der Waals surface area contributed by atoms with Crippen molar-refractivity contribution in [3.8, 4) is 5.75 Å². The lowest BCUT2D eigenvalue weighted by molar-refractivity contribution is -0.139. The molecular formula is C20H24O3. The molecule has 2 aromatic rings. The fourth-order valence-corrected chi connectivity index (χ4v) is 2.46. The molecule has 3 nitrogen and oxygen atoms in total. The Bertz CT molecular complexity index is 624. The Kier molecular flexibility index (Phi) is 5.43. The van der Waals surface area contributed by atoms with Crippen molar-refractivity contribution < 1.29 is 14.6 Å². The molecule has 2 aromatic carbocycles. The van der Waals surface area contributed by atoms with E-state index in [4.69, 9.17) is 4.74 Å². The molecule has 0 bridgehead atoms. The molecule has 122 valence electrons. The Morgan fingerprint density at radius 2 is 1.65 bits per heavy atom. The van der Waals surface area contributed by atoms with Gasteiger partial charge in [-0.15, -0.1) is 0 Å². The second-order valence-corrected chi connectivity index (χ2v) is 6.71. The van der Waals surface area contributed by atoms with Crippen molar-refractivity contribution in [1.82, 2.24) is 0 Å². The zero-order valence-corrected chi connectivity index (χ0v) is 14.0. The van der Waals surface area contributed by atoms with Gasteiger partial charge in [0.2, 0.25) is 0 Å². The molecule has 0 aromatic heterocycles. The molecule has 0 aliphatic rings. The predicted octanol–water partition coefficient (Wildman–Crippen LogP) is 4.62. The number of carbonyl (C=O) groups is 1. The van der Waals surface area contributed by atoms with Crippen molar-refractivity contribution in [2.75, 3.05) is 6.61 Å². The van der Waals surface area contributed by atoms with Crippen LogP contribution >= 0.6 is 0 Å². The topological polar surface area (TPSA) is 46.5 Å². The van der Waals surface area contributed by atoms with Gasteiger partial charge in [0.05, 0.1) is 12.5 Å². The molecule has 1 N–H and O–H groups in total. The number of hydrogen-bond donors (Lipinski definition) is 1. The van der Waals surface area contributed by atoms with Gasteiger partial charge in [-0.05, 0) is 35.1 Å². The molecule has 0 aliphatic heterocycles. The number of hydrogen-bond acceptors (Lipinski definition) is 2. The minimum absolute atomic E-state index is 0.111. The summed E-state index contributed by atoms with van der Waals surface area (Å²) in [6.07, 6.45) is 0.445. The van der Waals surface area contributed by atoms with Gasteiger partial charge in [-0.25, -0.2) is 0 Å². The summed E-state index contributed by atoms with van der Waals surface area (Å²) in [6.45, 7) is 6.88. The minimum atomic E-state index is -0.817. The van der Waals surface area contributed by atoms with E-state index in [2.05, 4.69) is 32.9 Å². The van der Waals surface area contributed by atoms with Gasteiger partial charge in [0.1, 0.15) is 5.75 Å². The van der Waals surface area contributed by atoms with E-state index < -0.39 is 11.9 Å². The summed E-state index contributed by atoms with van der Waals surface area (Å²) in [4.78, 5) is 11.4. The molecule has 0 radical (unpaired) electrons. The Morgan fingerprint density at radius 1 is 1.04 bits per heavy atom. The van der Waals surface area contributed by atoms with E-state index in [1.54, 1.807) is 0 Å². The summed E-state index contributed by atoms with van der Waals surface area (Å²) in [6, 6.07) is 17.3. The Balaban J connectivity index is 1.94. The van der Waals surface area contributed by atoms with Crippen molar-refractivity contribution in [3.05, 3.63) is 65.7 Å². The SMILES string of the molecule is CC(C)(C)c1ccc(OCCC(C(=O)O)c2ccccc2)cc1. The second kappa shape index (κ2) is 7.32. The molecule has 0 fully saturated rings. The highest BCUT2D eigenvalue weighted by Crippen LogP contribution is 2.25. The maximum Gasteiger partial charge on any atom is 0.311 e. The van der Waals surface area contributed by atoms with Crippen LogP contribution in [-0.2, 0) is 10.2 Å².